The predicted molar refractivity (Wildman–Crippen MR) is 67.6 cm³/mol. The number of pyridine rings is 1. The van der Waals surface area contributed by atoms with E-state index in [0.29, 0.717) is 5.92 Å². The first-order chi connectivity index (χ1) is 7.27. The lowest BCUT2D eigenvalue weighted by molar-refractivity contribution is 0.953. The second-order valence-electron chi connectivity index (χ2n) is 3.50. The number of nitrogens with zero attached hydrogens (tertiary/aromatic N) is 1. The molecular weight excluding hydrogens is 182 g/mol. The molecule has 80 valence electrons. The Balaban J connectivity index is 0.000000531. The summed E-state index contributed by atoms with van der Waals surface area (Å²) in [5, 5.41) is 0. The molecule has 0 aliphatic heterocycles. The second kappa shape index (κ2) is 5.50. The number of fused-ring (bicyclic) bond motifs is 1. The SMILES string of the molecule is CC.Cc1ccnc2c1C=CC(C)C=C2. The summed E-state index contributed by atoms with van der Waals surface area (Å²) in [6.07, 6.45) is 10.5. The molecule has 2 rings (SSSR count). The predicted octanol–water partition coefficient (Wildman–Crippen LogP) is 4.09. The molecule has 15 heavy (non-hydrogen) atoms. The molecule has 0 fully saturated rings. The van der Waals surface area contributed by atoms with E-state index < -0.39 is 0 Å². The summed E-state index contributed by atoms with van der Waals surface area (Å²) in [4.78, 5) is 4.34. The van der Waals surface area contributed by atoms with Crippen molar-refractivity contribution < 1.29 is 0 Å². The van der Waals surface area contributed by atoms with Crippen molar-refractivity contribution in [2.24, 2.45) is 5.92 Å². The van der Waals surface area contributed by atoms with E-state index in [4.69, 9.17) is 0 Å². The Labute approximate surface area is 92.6 Å². The third-order valence-electron chi connectivity index (χ3n) is 2.36. The van der Waals surface area contributed by atoms with E-state index in [1.807, 2.05) is 26.1 Å². The first kappa shape index (κ1) is 11.7. The second-order valence-corrected chi connectivity index (χ2v) is 3.50. The lowest BCUT2D eigenvalue weighted by Crippen LogP contribution is -1.88. The zero-order chi connectivity index (χ0) is 11.3. The maximum absolute atomic E-state index is 4.34. The lowest BCUT2D eigenvalue weighted by atomic mass is 10.1. The number of aromatic nitrogens is 1. The molecule has 1 aliphatic carbocycles. The van der Waals surface area contributed by atoms with Crippen LogP contribution in [0.3, 0.4) is 0 Å². The molecule has 1 heterocycles. The van der Waals surface area contributed by atoms with Gasteiger partial charge in [0, 0.05) is 11.8 Å². The normalized spacial score (nSPS) is 17.5. The standard InChI is InChI=1S/C12H13N.C2H6/c1-9-3-5-11-10(2)7-8-13-12(11)6-4-9;1-2/h3-9H,1-2H3;1-2H3. The number of hydrogen-bond acceptors (Lipinski definition) is 1. The average Bonchev–Trinajstić information content (AvgIpc) is 2.45. The maximum Gasteiger partial charge on any atom is 0.0701 e. The van der Waals surface area contributed by atoms with Crippen LogP contribution in [0.1, 0.15) is 37.6 Å². The van der Waals surface area contributed by atoms with Crippen molar-refractivity contribution in [1.29, 1.82) is 0 Å². The molecule has 0 spiro atoms. The molecule has 0 aromatic carbocycles. The van der Waals surface area contributed by atoms with Gasteiger partial charge in [-0.1, -0.05) is 39.0 Å². The lowest BCUT2D eigenvalue weighted by Gasteiger charge is -2.01. The minimum atomic E-state index is 0.508. The number of aryl methyl sites for hydroxylation is 1. The smallest absolute Gasteiger partial charge is 0.0701 e. The van der Waals surface area contributed by atoms with Gasteiger partial charge in [-0.15, -0.1) is 0 Å². The molecule has 1 nitrogen and oxygen atoms in total. The molecule has 0 bridgehead atoms. The van der Waals surface area contributed by atoms with Gasteiger partial charge in [0.1, 0.15) is 0 Å². The summed E-state index contributed by atoms with van der Waals surface area (Å²) < 4.78 is 0. The summed E-state index contributed by atoms with van der Waals surface area (Å²) in [7, 11) is 0. The van der Waals surface area contributed by atoms with Crippen LogP contribution in [-0.2, 0) is 0 Å². The number of allylic oxidation sites excluding steroid dienone is 2. The fraction of sp³-hybridized carbons (Fsp3) is 0.357. The summed E-state index contributed by atoms with van der Waals surface area (Å²) in [6.45, 7) is 8.29. The highest BCUT2D eigenvalue weighted by Crippen LogP contribution is 2.20. The van der Waals surface area contributed by atoms with Crippen molar-refractivity contribution in [1.82, 2.24) is 4.98 Å². The van der Waals surface area contributed by atoms with Crippen molar-refractivity contribution in [3.05, 3.63) is 41.2 Å². The zero-order valence-corrected chi connectivity index (χ0v) is 9.99. The summed E-state index contributed by atoms with van der Waals surface area (Å²) in [5.74, 6) is 0.508. The van der Waals surface area contributed by atoms with Gasteiger partial charge < -0.3 is 0 Å². The Kier molecular flexibility index (Phi) is 4.29. The molecule has 1 aliphatic rings. The monoisotopic (exact) mass is 201 g/mol. The highest BCUT2D eigenvalue weighted by atomic mass is 14.7. The first-order valence-electron chi connectivity index (χ1n) is 5.59. The molecule has 1 heteroatoms. The minimum absolute atomic E-state index is 0.508. The molecule has 0 saturated heterocycles. The zero-order valence-electron chi connectivity index (χ0n) is 9.99. The molecule has 1 aromatic heterocycles. The maximum atomic E-state index is 4.34. The van der Waals surface area contributed by atoms with E-state index >= 15 is 0 Å². The Morgan fingerprint density at radius 1 is 1.13 bits per heavy atom. The Hall–Kier alpha value is -1.37. The van der Waals surface area contributed by atoms with Gasteiger partial charge in [-0.3, -0.25) is 4.98 Å². The van der Waals surface area contributed by atoms with Crippen molar-refractivity contribution in [2.75, 3.05) is 0 Å². The van der Waals surface area contributed by atoms with Gasteiger partial charge in [-0.2, -0.15) is 0 Å². The van der Waals surface area contributed by atoms with E-state index in [1.165, 1.54) is 11.1 Å². The third kappa shape index (κ3) is 2.79. The summed E-state index contributed by atoms with van der Waals surface area (Å²) in [5.41, 5.74) is 3.63. The van der Waals surface area contributed by atoms with Crippen LogP contribution >= 0.6 is 0 Å². The fourth-order valence-electron chi connectivity index (χ4n) is 1.50. The van der Waals surface area contributed by atoms with E-state index in [9.17, 15) is 0 Å². The topological polar surface area (TPSA) is 12.9 Å². The Morgan fingerprint density at radius 3 is 2.53 bits per heavy atom. The minimum Gasteiger partial charge on any atom is -0.256 e. The number of hydrogen-bond donors (Lipinski definition) is 0. The van der Waals surface area contributed by atoms with E-state index in [-0.39, 0.29) is 0 Å². The molecule has 0 radical (unpaired) electrons. The van der Waals surface area contributed by atoms with Gasteiger partial charge in [0.05, 0.1) is 5.69 Å². The molecule has 1 unspecified atom stereocenters. The van der Waals surface area contributed by atoms with Crippen LogP contribution in [0.15, 0.2) is 24.4 Å². The number of rotatable bonds is 0. The van der Waals surface area contributed by atoms with Gasteiger partial charge in [0.2, 0.25) is 0 Å². The summed E-state index contributed by atoms with van der Waals surface area (Å²) in [6, 6.07) is 2.05. The van der Waals surface area contributed by atoms with Crippen molar-refractivity contribution in [3.8, 4) is 0 Å². The molecule has 0 N–H and O–H groups in total. The highest BCUT2D eigenvalue weighted by molar-refractivity contribution is 5.67. The largest absolute Gasteiger partial charge is 0.256 e. The van der Waals surface area contributed by atoms with Gasteiger partial charge in [-0.05, 0) is 30.5 Å². The highest BCUT2D eigenvalue weighted by Gasteiger charge is 2.04. The van der Waals surface area contributed by atoms with Crippen molar-refractivity contribution in [3.63, 3.8) is 0 Å². The molecule has 0 saturated carbocycles. The Bertz CT molecular complexity index is 375. The summed E-state index contributed by atoms with van der Waals surface area (Å²) >= 11 is 0. The Morgan fingerprint density at radius 2 is 1.80 bits per heavy atom. The van der Waals surface area contributed by atoms with E-state index in [0.717, 1.165) is 5.69 Å². The van der Waals surface area contributed by atoms with Gasteiger partial charge in [0.25, 0.3) is 0 Å². The van der Waals surface area contributed by atoms with Crippen LogP contribution in [0.2, 0.25) is 0 Å². The molecule has 1 aromatic rings. The quantitative estimate of drug-likeness (QED) is 0.616. The molecular formula is C14H19N. The van der Waals surface area contributed by atoms with Crippen LogP contribution in [0.25, 0.3) is 12.2 Å². The van der Waals surface area contributed by atoms with E-state index in [1.54, 1.807) is 0 Å². The fourth-order valence-corrected chi connectivity index (χ4v) is 1.50. The van der Waals surface area contributed by atoms with Crippen LogP contribution in [0.5, 0.6) is 0 Å². The van der Waals surface area contributed by atoms with E-state index in [2.05, 4.69) is 43.1 Å². The van der Waals surface area contributed by atoms with Gasteiger partial charge in [0.15, 0.2) is 0 Å². The molecule has 0 amide bonds. The van der Waals surface area contributed by atoms with Crippen LogP contribution in [0, 0.1) is 12.8 Å². The van der Waals surface area contributed by atoms with Gasteiger partial charge in [-0.25, -0.2) is 0 Å². The van der Waals surface area contributed by atoms with Crippen molar-refractivity contribution >= 4 is 12.2 Å². The van der Waals surface area contributed by atoms with Crippen LogP contribution < -0.4 is 0 Å². The third-order valence-corrected chi connectivity index (χ3v) is 2.36. The van der Waals surface area contributed by atoms with Crippen molar-refractivity contribution in [2.45, 2.75) is 27.7 Å². The van der Waals surface area contributed by atoms with Crippen LogP contribution in [-0.4, -0.2) is 4.98 Å². The van der Waals surface area contributed by atoms with Gasteiger partial charge >= 0.3 is 0 Å². The average molecular weight is 201 g/mol. The first-order valence-corrected chi connectivity index (χ1v) is 5.59. The van der Waals surface area contributed by atoms with Crippen LogP contribution in [0.4, 0.5) is 0 Å². The molecule has 1 atom stereocenters.